The molecule has 0 bridgehead atoms. The van der Waals surface area contributed by atoms with Crippen molar-refractivity contribution in [1.82, 2.24) is 5.32 Å². The number of carbonyl (C=O) groups is 2. The van der Waals surface area contributed by atoms with Gasteiger partial charge in [-0.2, -0.15) is 0 Å². The van der Waals surface area contributed by atoms with Crippen molar-refractivity contribution < 1.29 is 9.59 Å². The minimum atomic E-state index is -0.100. The normalized spacial score (nSPS) is 13.9. The van der Waals surface area contributed by atoms with Crippen LogP contribution in [-0.4, -0.2) is 18.4 Å². The van der Waals surface area contributed by atoms with Crippen molar-refractivity contribution in [3.63, 3.8) is 0 Å². The fourth-order valence-corrected chi connectivity index (χ4v) is 5.42. The third-order valence-electron chi connectivity index (χ3n) is 6.27. The molecule has 4 nitrogen and oxygen atoms in total. The first-order valence-electron chi connectivity index (χ1n) is 12.3. The third-order valence-corrected chi connectivity index (χ3v) is 7.35. The summed E-state index contributed by atoms with van der Waals surface area (Å²) in [6.45, 7) is 3.15. The molecule has 4 aromatic rings. The Balaban J connectivity index is 1.30. The molecule has 0 atom stereocenters. The van der Waals surface area contributed by atoms with Gasteiger partial charge < -0.3 is 10.2 Å². The molecule has 0 radical (unpaired) electrons. The maximum absolute atomic E-state index is 13.6. The molecule has 0 aliphatic carbocycles. The second-order valence-corrected chi connectivity index (χ2v) is 10.2. The molecule has 1 aliphatic heterocycles. The lowest BCUT2D eigenvalue weighted by molar-refractivity contribution is -0.114. The van der Waals surface area contributed by atoms with Gasteiger partial charge in [0, 0.05) is 17.0 Å². The van der Waals surface area contributed by atoms with Crippen molar-refractivity contribution in [1.29, 1.82) is 0 Å². The van der Waals surface area contributed by atoms with Gasteiger partial charge in [0.1, 0.15) is 0 Å². The molecule has 0 aromatic heterocycles. The fraction of sp³-hybridized carbons (Fsp3) is 0.125. The van der Waals surface area contributed by atoms with Gasteiger partial charge in [0.2, 0.25) is 0 Å². The molecule has 184 valence electrons. The van der Waals surface area contributed by atoms with Gasteiger partial charge in [-0.05, 0) is 60.4 Å². The Kier molecular flexibility index (Phi) is 7.52. The quantitative estimate of drug-likeness (QED) is 0.287. The first-order chi connectivity index (χ1) is 18.1. The van der Waals surface area contributed by atoms with Crippen LogP contribution in [0.2, 0.25) is 0 Å². The average Bonchev–Trinajstić information content (AvgIpc) is 2.92. The van der Waals surface area contributed by atoms with Crippen molar-refractivity contribution >= 4 is 35.3 Å². The Morgan fingerprint density at radius 3 is 2.38 bits per heavy atom. The predicted molar refractivity (Wildman–Crippen MR) is 152 cm³/mol. The summed E-state index contributed by atoms with van der Waals surface area (Å²) < 4.78 is 0. The number of anilines is 1. The number of thioether (sulfide) groups is 1. The summed E-state index contributed by atoms with van der Waals surface area (Å²) in [5.41, 5.74) is 5.87. The molecule has 0 spiro atoms. The Labute approximate surface area is 222 Å². The second-order valence-electron chi connectivity index (χ2n) is 9.07. The van der Waals surface area contributed by atoms with E-state index in [9.17, 15) is 9.59 Å². The molecule has 0 saturated carbocycles. The molecule has 1 aliphatic rings. The lowest BCUT2D eigenvalue weighted by atomic mass is 10.1. The van der Waals surface area contributed by atoms with Crippen LogP contribution in [0, 0.1) is 6.92 Å². The topological polar surface area (TPSA) is 49.4 Å². The fourth-order valence-electron chi connectivity index (χ4n) is 4.36. The Morgan fingerprint density at radius 2 is 1.59 bits per heavy atom. The van der Waals surface area contributed by atoms with E-state index in [2.05, 4.69) is 42.6 Å². The zero-order chi connectivity index (χ0) is 25.6. The minimum absolute atomic E-state index is 0.0204. The van der Waals surface area contributed by atoms with Gasteiger partial charge in [0.05, 0.1) is 17.1 Å². The van der Waals surface area contributed by atoms with Crippen LogP contribution >= 0.6 is 11.8 Å². The van der Waals surface area contributed by atoms with Crippen molar-refractivity contribution in [2.45, 2.75) is 24.8 Å². The summed E-state index contributed by atoms with van der Waals surface area (Å²) in [6.07, 6.45) is 2.69. The van der Waals surface area contributed by atoms with Crippen LogP contribution in [0.3, 0.4) is 0 Å². The van der Waals surface area contributed by atoms with Crippen molar-refractivity contribution in [3.8, 4) is 0 Å². The molecule has 0 saturated heterocycles. The standard InChI is InChI=1S/C32H28N2O2S/c1-23-8-7-11-26(20-23)22-34-28-12-5-6-13-29(28)37-30(32(34)36)21-25-14-16-27(17-15-25)31(35)33-19-18-24-9-3-2-4-10-24/h2-17,20-21H,18-19,22H2,1H3,(H,33,35). The van der Waals surface area contributed by atoms with E-state index in [1.54, 1.807) is 12.1 Å². The summed E-state index contributed by atoms with van der Waals surface area (Å²) in [5, 5.41) is 2.98. The first kappa shape index (κ1) is 24.6. The number of hydrogen-bond donors (Lipinski definition) is 1. The molecule has 0 fully saturated rings. The summed E-state index contributed by atoms with van der Waals surface area (Å²) in [7, 11) is 0. The SMILES string of the molecule is Cc1cccc(CN2C(=O)C(=Cc3ccc(C(=O)NCCc4ccccc4)cc3)Sc3ccccc32)c1. The second kappa shape index (κ2) is 11.3. The number of carbonyl (C=O) groups excluding carboxylic acids is 2. The molecule has 0 unspecified atom stereocenters. The molecule has 5 rings (SSSR count). The Morgan fingerprint density at radius 1 is 0.865 bits per heavy atom. The number of fused-ring (bicyclic) bond motifs is 1. The van der Waals surface area contributed by atoms with E-state index in [1.807, 2.05) is 71.6 Å². The van der Waals surface area contributed by atoms with Crippen LogP contribution in [0.1, 0.15) is 32.6 Å². The van der Waals surface area contributed by atoms with Gasteiger partial charge in [-0.1, -0.05) is 96.2 Å². The van der Waals surface area contributed by atoms with Crippen LogP contribution in [0.5, 0.6) is 0 Å². The van der Waals surface area contributed by atoms with Crippen LogP contribution < -0.4 is 10.2 Å². The highest BCUT2D eigenvalue weighted by atomic mass is 32.2. The summed E-state index contributed by atoms with van der Waals surface area (Å²) in [5.74, 6) is -0.121. The summed E-state index contributed by atoms with van der Waals surface area (Å²) >= 11 is 1.49. The number of benzene rings is 4. The van der Waals surface area contributed by atoms with Crippen molar-refractivity contribution in [2.24, 2.45) is 0 Å². The maximum atomic E-state index is 13.6. The third kappa shape index (κ3) is 6.01. The van der Waals surface area contributed by atoms with Gasteiger partial charge in [0.15, 0.2) is 0 Å². The van der Waals surface area contributed by atoms with E-state index < -0.39 is 0 Å². The monoisotopic (exact) mass is 504 g/mol. The van der Waals surface area contributed by atoms with Gasteiger partial charge >= 0.3 is 0 Å². The van der Waals surface area contributed by atoms with E-state index in [1.165, 1.54) is 22.9 Å². The van der Waals surface area contributed by atoms with E-state index >= 15 is 0 Å². The average molecular weight is 505 g/mol. The van der Waals surface area contributed by atoms with Crippen LogP contribution in [-0.2, 0) is 17.8 Å². The summed E-state index contributed by atoms with van der Waals surface area (Å²) in [4.78, 5) is 29.7. The van der Waals surface area contributed by atoms with Gasteiger partial charge in [-0.15, -0.1) is 0 Å². The van der Waals surface area contributed by atoms with E-state index in [0.717, 1.165) is 28.1 Å². The number of hydrogen-bond acceptors (Lipinski definition) is 3. The Bertz CT molecular complexity index is 1450. The molecular weight excluding hydrogens is 476 g/mol. The van der Waals surface area contributed by atoms with Crippen LogP contribution in [0.4, 0.5) is 5.69 Å². The molecule has 5 heteroatoms. The van der Waals surface area contributed by atoms with Gasteiger partial charge in [-0.3, -0.25) is 9.59 Å². The largest absolute Gasteiger partial charge is 0.352 e. The molecule has 1 heterocycles. The minimum Gasteiger partial charge on any atom is -0.352 e. The van der Waals surface area contributed by atoms with E-state index in [0.29, 0.717) is 23.6 Å². The molecule has 37 heavy (non-hydrogen) atoms. The highest BCUT2D eigenvalue weighted by Crippen LogP contribution is 2.42. The molecule has 2 amide bonds. The van der Waals surface area contributed by atoms with Crippen molar-refractivity contribution in [3.05, 3.63) is 136 Å². The molecule has 1 N–H and O–H groups in total. The maximum Gasteiger partial charge on any atom is 0.265 e. The predicted octanol–water partition coefficient (Wildman–Crippen LogP) is 6.65. The van der Waals surface area contributed by atoms with Crippen LogP contribution in [0.15, 0.2) is 113 Å². The van der Waals surface area contributed by atoms with Crippen LogP contribution in [0.25, 0.3) is 6.08 Å². The van der Waals surface area contributed by atoms with Gasteiger partial charge in [0.25, 0.3) is 11.8 Å². The smallest absolute Gasteiger partial charge is 0.265 e. The number of amides is 2. The number of para-hydroxylation sites is 1. The summed E-state index contributed by atoms with van der Waals surface area (Å²) in [6, 6.07) is 33.7. The lowest BCUT2D eigenvalue weighted by Crippen LogP contribution is -2.33. The number of nitrogens with zero attached hydrogens (tertiary/aromatic N) is 1. The van der Waals surface area contributed by atoms with Crippen molar-refractivity contribution in [2.75, 3.05) is 11.4 Å². The van der Waals surface area contributed by atoms with Gasteiger partial charge in [-0.25, -0.2) is 0 Å². The highest BCUT2D eigenvalue weighted by molar-refractivity contribution is 8.04. The highest BCUT2D eigenvalue weighted by Gasteiger charge is 2.29. The first-order valence-corrected chi connectivity index (χ1v) is 13.2. The zero-order valence-corrected chi connectivity index (χ0v) is 21.5. The molecule has 4 aromatic carbocycles. The lowest BCUT2D eigenvalue weighted by Gasteiger charge is -2.30. The number of aryl methyl sites for hydroxylation is 1. The molecular formula is C32H28N2O2S. The Hall–Kier alpha value is -4.09. The van der Waals surface area contributed by atoms with E-state index in [4.69, 9.17) is 0 Å². The number of nitrogens with one attached hydrogen (secondary N) is 1. The number of rotatable bonds is 7. The zero-order valence-electron chi connectivity index (χ0n) is 20.7. The van der Waals surface area contributed by atoms with E-state index in [-0.39, 0.29) is 11.8 Å².